The highest BCUT2D eigenvalue weighted by Crippen LogP contribution is 2.14. The van der Waals surface area contributed by atoms with E-state index in [0.29, 0.717) is 12.3 Å². The summed E-state index contributed by atoms with van der Waals surface area (Å²) >= 11 is 0. The van der Waals surface area contributed by atoms with Gasteiger partial charge in [0.2, 0.25) is 0 Å². The minimum atomic E-state index is -0.251. The molecule has 0 fully saturated rings. The smallest absolute Gasteiger partial charge is 0.287 e. The molecule has 4 nitrogen and oxygen atoms in total. The van der Waals surface area contributed by atoms with Crippen molar-refractivity contribution < 1.29 is 9.21 Å². The van der Waals surface area contributed by atoms with Gasteiger partial charge in [-0.25, -0.2) is 0 Å². The fourth-order valence-corrected chi connectivity index (χ4v) is 1.39. The number of hydrogen-bond donors (Lipinski definition) is 2. The van der Waals surface area contributed by atoms with Crippen molar-refractivity contribution in [3.63, 3.8) is 0 Å². The van der Waals surface area contributed by atoms with Crippen LogP contribution >= 0.6 is 0 Å². The topological polar surface area (TPSA) is 68.3 Å². The molecule has 0 aliphatic carbocycles. The van der Waals surface area contributed by atoms with E-state index in [9.17, 15) is 4.79 Å². The van der Waals surface area contributed by atoms with Crippen LogP contribution in [0.3, 0.4) is 0 Å². The standard InChI is InChI=1S/C11H18N2O2/c1-3-11(2,6-7-12)13-10(14)9-5-4-8-15-9/h4-5,8H,3,6-7,12H2,1-2H3,(H,13,14). The number of furan rings is 1. The van der Waals surface area contributed by atoms with E-state index in [4.69, 9.17) is 10.2 Å². The molecule has 1 amide bonds. The first-order valence-corrected chi connectivity index (χ1v) is 5.17. The van der Waals surface area contributed by atoms with E-state index in [-0.39, 0.29) is 11.4 Å². The van der Waals surface area contributed by atoms with E-state index in [1.54, 1.807) is 12.1 Å². The van der Waals surface area contributed by atoms with Crippen LogP contribution in [0.2, 0.25) is 0 Å². The molecule has 1 aromatic heterocycles. The van der Waals surface area contributed by atoms with E-state index in [1.165, 1.54) is 6.26 Å². The van der Waals surface area contributed by atoms with Gasteiger partial charge in [0.1, 0.15) is 0 Å². The fourth-order valence-electron chi connectivity index (χ4n) is 1.39. The Morgan fingerprint density at radius 1 is 1.67 bits per heavy atom. The monoisotopic (exact) mass is 210 g/mol. The third kappa shape index (κ3) is 3.09. The van der Waals surface area contributed by atoms with Gasteiger partial charge in [-0.1, -0.05) is 6.92 Å². The Morgan fingerprint density at radius 3 is 2.87 bits per heavy atom. The lowest BCUT2D eigenvalue weighted by atomic mass is 9.94. The Balaban J connectivity index is 2.63. The zero-order valence-electron chi connectivity index (χ0n) is 9.25. The maximum absolute atomic E-state index is 11.7. The minimum absolute atomic E-state index is 0.183. The summed E-state index contributed by atoms with van der Waals surface area (Å²) in [6.07, 6.45) is 3.09. The van der Waals surface area contributed by atoms with Crippen LogP contribution in [-0.4, -0.2) is 18.0 Å². The second-order valence-electron chi connectivity index (χ2n) is 3.88. The van der Waals surface area contributed by atoms with Crippen molar-refractivity contribution in [1.82, 2.24) is 5.32 Å². The first-order chi connectivity index (χ1) is 7.11. The molecular weight excluding hydrogens is 192 g/mol. The molecule has 3 N–H and O–H groups in total. The number of carbonyl (C=O) groups excluding carboxylic acids is 1. The maximum Gasteiger partial charge on any atom is 0.287 e. The number of amides is 1. The lowest BCUT2D eigenvalue weighted by Gasteiger charge is -2.28. The van der Waals surface area contributed by atoms with Gasteiger partial charge in [0.25, 0.3) is 5.91 Å². The van der Waals surface area contributed by atoms with Crippen LogP contribution in [0.25, 0.3) is 0 Å². The molecule has 1 rings (SSSR count). The highest BCUT2D eigenvalue weighted by atomic mass is 16.3. The molecule has 0 aromatic carbocycles. The Bertz CT molecular complexity index is 308. The second-order valence-corrected chi connectivity index (χ2v) is 3.88. The molecule has 15 heavy (non-hydrogen) atoms. The minimum Gasteiger partial charge on any atom is -0.459 e. The van der Waals surface area contributed by atoms with E-state index in [1.807, 2.05) is 13.8 Å². The average molecular weight is 210 g/mol. The van der Waals surface area contributed by atoms with Gasteiger partial charge in [-0.3, -0.25) is 4.79 Å². The second kappa shape index (κ2) is 4.98. The van der Waals surface area contributed by atoms with Crippen LogP contribution in [-0.2, 0) is 0 Å². The number of rotatable bonds is 5. The van der Waals surface area contributed by atoms with Crippen LogP contribution in [0.1, 0.15) is 37.2 Å². The van der Waals surface area contributed by atoms with Crippen molar-refractivity contribution >= 4 is 5.91 Å². The summed E-state index contributed by atoms with van der Waals surface area (Å²) in [7, 11) is 0. The maximum atomic E-state index is 11.7. The average Bonchev–Trinajstić information content (AvgIpc) is 2.71. The van der Waals surface area contributed by atoms with Crippen molar-refractivity contribution in [3.05, 3.63) is 24.2 Å². The highest BCUT2D eigenvalue weighted by Gasteiger charge is 2.24. The zero-order valence-corrected chi connectivity index (χ0v) is 9.25. The normalized spacial score (nSPS) is 14.6. The van der Waals surface area contributed by atoms with Gasteiger partial charge in [-0.2, -0.15) is 0 Å². The SMILES string of the molecule is CCC(C)(CCN)NC(=O)c1ccco1. The molecule has 84 valence electrons. The molecule has 1 unspecified atom stereocenters. The molecule has 1 atom stereocenters. The number of nitrogens with two attached hydrogens (primary N) is 1. The molecule has 0 aliphatic rings. The van der Waals surface area contributed by atoms with Crippen LogP contribution < -0.4 is 11.1 Å². The zero-order chi connectivity index (χ0) is 11.3. The van der Waals surface area contributed by atoms with Gasteiger partial charge in [-0.05, 0) is 38.4 Å². The Hall–Kier alpha value is -1.29. The van der Waals surface area contributed by atoms with Gasteiger partial charge < -0.3 is 15.5 Å². The summed E-state index contributed by atoms with van der Waals surface area (Å²) in [5.74, 6) is 0.157. The van der Waals surface area contributed by atoms with Crippen LogP contribution in [0.15, 0.2) is 22.8 Å². The van der Waals surface area contributed by atoms with Crippen LogP contribution in [0.5, 0.6) is 0 Å². The first-order valence-electron chi connectivity index (χ1n) is 5.17. The largest absolute Gasteiger partial charge is 0.459 e. The van der Waals surface area contributed by atoms with E-state index < -0.39 is 0 Å². The number of nitrogens with one attached hydrogen (secondary N) is 1. The summed E-state index contributed by atoms with van der Waals surface area (Å²) in [6.45, 7) is 4.57. The molecule has 0 saturated carbocycles. The number of carbonyl (C=O) groups is 1. The van der Waals surface area contributed by atoms with E-state index >= 15 is 0 Å². The van der Waals surface area contributed by atoms with Gasteiger partial charge in [0.15, 0.2) is 5.76 Å². The molecule has 0 spiro atoms. The Morgan fingerprint density at radius 2 is 2.40 bits per heavy atom. The molecule has 1 aromatic rings. The summed E-state index contributed by atoms with van der Waals surface area (Å²) in [5.41, 5.74) is 5.26. The van der Waals surface area contributed by atoms with E-state index in [0.717, 1.165) is 12.8 Å². The van der Waals surface area contributed by atoms with Crippen LogP contribution in [0, 0.1) is 0 Å². The van der Waals surface area contributed by atoms with Gasteiger partial charge >= 0.3 is 0 Å². The van der Waals surface area contributed by atoms with Crippen LogP contribution in [0.4, 0.5) is 0 Å². The van der Waals surface area contributed by atoms with Gasteiger partial charge in [0, 0.05) is 5.54 Å². The molecule has 0 bridgehead atoms. The molecule has 1 heterocycles. The molecule has 0 aliphatic heterocycles. The predicted octanol–water partition coefficient (Wildman–Crippen LogP) is 1.53. The third-order valence-corrected chi connectivity index (χ3v) is 2.64. The van der Waals surface area contributed by atoms with Crippen molar-refractivity contribution in [2.75, 3.05) is 6.54 Å². The summed E-state index contributed by atoms with van der Waals surface area (Å²) in [4.78, 5) is 11.7. The number of hydrogen-bond acceptors (Lipinski definition) is 3. The molecule has 4 heteroatoms. The lowest BCUT2D eigenvalue weighted by Crippen LogP contribution is -2.46. The first kappa shape index (κ1) is 11.8. The molecule has 0 radical (unpaired) electrons. The summed E-state index contributed by atoms with van der Waals surface area (Å²) in [5, 5.41) is 2.93. The Labute approximate surface area is 89.8 Å². The van der Waals surface area contributed by atoms with Crippen molar-refractivity contribution in [2.24, 2.45) is 5.73 Å². The lowest BCUT2D eigenvalue weighted by molar-refractivity contribution is 0.0871. The molecule has 0 saturated heterocycles. The molecular formula is C11H18N2O2. The highest BCUT2D eigenvalue weighted by molar-refractivity contribution is 5.91. The van der Waals surface area contributed by atoms with Crippen molar-refractivity contribution in [3.8, 4) is 0 Å². The van der Waals surface area contributed by atoms with Gasteiger partial charge in [0.05, 0.1) is 6.26 Å². The fraction of sp³-hybridized carbons (Fsp3) is 0.545. The van der Waals surface area contributed by atoms with Crippen molar-refractivity contribution in [1.29, 1.82) is 0 Å². The predicted molar refractivity (Wildman–Crippen MR) is 58.5 cm³/mol. The summed E-state index contributed by atoms with van der Waals surface area (Å²) < 4.78 is 5.02. The van der Waals surface area contributed by atoms with Gasteiger partial charge in [-0.15, -0.1) is 0 Å². The quantitative estimate of drug-likeness (QED) is 0.774. The van der Waals surface area contributed by atoms with E-state index in [2.05, 4.69) is 5.32 Å². The third-order valence-electron chi connectivity index (χ3n) is 2.64. The Kier molecular flexibility index (Phi) is 3.91. The van der Waals surface area contributed by atoms with Crippen molar-refractivity contribution in [2.45, 2.75) is 32.2 Å². The summed E-state index contributed by atoms with van der Waals surface area (Å²) in [6, 6.07) is 3.34.